The molecule has 9 heteroatoms. The molecule has 0 unspecified atom stereocenters. The monoisotopic (exact) mass is 416 g/mol. The third-order valence-corrected chi connectivity index (χ3v) is 4.59. The molecular weight excluding hydrogens is 405 g/mol. The van der Waals surface area contributed by atoms with Gasteiger partial charge < -0.3 is 9.88 Å². The summed E-state index contributed by atoms with van der Waals surface area (Å²) in [6.07, 6.45) is 3.00. The number of rotatable bonds is 4. The van der Waals surface area contributed by atoms with E-state index in [9.17, 15) is 18.0 Å². The first kappa shape index (κ1) is 18.9. The summed E-state index contributed by atoms with van der Waals surface area (Å²) in [5, 5.41) is 0.455. The van der Waals surface area contributed by atoms with Crippen molar-refractivity contribution < 1.29 is 13.2 Å². The van der Waals surface area contributed by atoms with E-state index in [1.165, 1.54) is 23.4 Å². The van der Waals surface area contributed by atoms with Gasteiger partial charge in [0, 0.05) is 34.1 Å². The van der Waals surface area contributed by atoms with Crippen LogP contribution in [0.15, 0.2) is 59.7 Å². The van der Waals surface area contributed by atoms with E-state index in [-0.39, 0.29) is 23.4 Å². The van der Waals surface area contributed by atoms with Gasteiger partial charge in [0.05, 0.1) is 12.1 Å². The Morgan fingerprint density at radius 2 is 1.76 bits per heavy atom. The quantitative estimate of drug-likeness (QED) is 0.522. The molecule has 4 aromatic rings. The molecule has 29 heavy (non-hydrogen) atoms. The molecule has 0 saturated heterocycles. The van der Waals surface area contributed by atoms with Gasteiger partial charge in [-0.1, -0.05) is 17.7 Å². The molecule has 0 atom stereocenters. The smallest absolute Gasteiger partial charge is 0.284 e. The molecule has 0 aliphatic carbocycles. The van der Waals surface area contributed by atoms with Crippen LogP contribution in [0.5, 0.6) is 0 Å². The Labute approximate surface area is 167 Å². The third kappa shape index (κ3) is 3.54. The normalized spacial score (nSPS) is 11.0. The average Bonchev–Trinajstić information content (AvgIpc) is 2.72. The van der Waals surface area contributed by atoms with Gasteiger partial charge in [0.2, 0.25) is 5.95 Å². The van der Waals surface area contributed by atoms with Gasteiger partial charge in [-0.3, -0.25) is 4.79 Å². The van der Waals surface area contributed by atoms with E-state index >= 15 is 0 Å². The minimum atomic E-state index is -1.26. The van der Waals surface area contributed by atoms with Gasteiger partial charge in [-0.05, 0) is 36.4 Å². The number of nitrogens with one attached hydrogen (secondary N) is 1. The molecule has 1 N–H and O–H groups in total. The van der Waals surface area contributed by atoms with E-state index in [0.717, 1.165) is 6.07 Å². The second kappa shape index (κ2) is 7.56. The predicted molar refractivity (Wildman–Crippen MR) is 104 cm³/mol. The Morgan fingerprint density at radius 3 is 2.48 bits per heavy atom. The fourth-order valence-electron chi connectivity index (χ4n) is 3.01. The third-order valence-electron chi connectivity index (χ3n) is 4.35. The first-order valence-electron chi connectivity index (χ1n) is 8.44. The van der Waals surface area contributed by atoms with Crippen molar-refractivity contribution in [3.63, 3.8) is 0 Å². The number of nitrogens with zero attached hydrogens (tertiary/aromatic N) is 3. The van der Waals surface area contributed by atoms with Crippen molar-refractivity contribution in [3.05, 3.63) is 93.2 Å². The summed E-state index contributed by atoms with van der Waals surface area (Å²) < 4.78 is 42.6. The lowest BCUT2D eigenvalue weighted by atomic mass is 10.1. The van der Waals surface area contributed by atoms with Crippen molar-refractivity contribution in [1.82, 2.24) is 15.0 Å². The Morgan fingerprint density at radius 1 is 1.00 bits per heavy atom. The molecule has 5 nitrogen and oxygen atoms in total. The Balaban J connectivity index is 1.93. The first-order chi connectivity index (χ1) is 14.0. The first-order valence-corrected chi connectivity index (χ1v) is 8.82. The fourth-order valence-corrected chi connectivity index (χ4v) is 3.20. The van der Waals surface area contributed by atoms with Crippen molar-refractivity contribution >= 4 is 34.1 Å². The lowest BCUT2D eigenvalue weighted by Gasteiger charge is -2.24. The van der Waals surface area contributed by atoms with Crippen LogP contribution < -0.4 is 10.5 Å². The summed E-state index contributed by atoms with van der Waals surface area (Å²) >= 11 is 6.08. The lowest BCUT2D eigenvalue weighted by Crippen LogP contribution is -2.23. The zero-order chi connectivity index (χ0) is 20.5. The van der Waals surface area contributed by atoms with E-state index in [2.05, 4.69) is 15.0 Å². The molecule has 0 aliphatic rings. The zero-order valence-electron chi connectivity index (χ0n) is 14.7. The average molecular weight is 417 g/mol. The summed E-state index contributed by atoms with van der Waals surface area (Å²) in [7, 11) is 0. The van der Waals surface area contributed by atoms with E-state index in [1.807, 2.05) is 0 Å². The van der Waals surface area contributed by atoms with Crippen LogP contribution in [0.3, 0.4) is 0 Å². The molecular formula is C20H12ClF3N4O. The maximum Gasteiger partial charge on any atom is 0.284 e. The Kier molecular flexibility index (Phi) is 4.94. The SMILES string of the molecule is O=c1[nH]c2c(F)c(F)ccc2c(CN(c2cccc(Cl)c2)c2ncccn2)c1F. The largest absolute Gasteiger partial charge is 0.317 e. The highest BCUT2D eigenvalue weighted by atomic mass is 35.5. The standard InChI is InChI=1S/C20H12ClF3N4O/c21-11-3-1-4-12(9-11)28(20-25-7-2-8-26-20)10-14-13-5-6-15(22)17(24)18(13)27-19(29)16(14)23/h1-9H,10H2,(H,27,29). The number of fused-ring (bicyclic) bond motifs is 1. The number of aromatic nitrogens is 3. The second-order valence-corrected chi connectivity index (χ2v) is 6.58. The maximum atomic E-state index is 14.8. The van der Waals surface area contributed by atoms with Gasteiger partial charge in [-0.15, -0.1) is 0 Å². The number of pyridine rings is 1. The van der Waals surface area contributed by atoms with Crippen molar-refractivity contribution in [3.8, 4) is 0 Å². The summed E-state index contributed by atoms with van der Waals surface area (Å²) in [4.78, 5) is 24.0. The number of H-pyrrole nitrogens is 1. The molecule has 0 bridgehead atoms. The summed E-state index contributed by atoms with van der Waals surface area (Å²) in [6, 6.07) is 10.4. The molecule has 0 spiro atoms. The minimum Gasteiger partial charge on any atom is -0.317 e. The van der Waals surface area contributed by atoms with Crippen molar-refractivity contribution in [2.45, 2.75) is 6.54 Å². The lowest BCUT2D eigenvalue weighted by molar-refractivity contribution is 0.514. The van der Waals surface area contributed by atoms with Crippen LogP contribution in [0, 0.1) is 17.5 Å². The van der Waals surface area contributed by atoms with Gasteiger partial charge in [0.1, 0.15) is 0 Å². The molecule has 2 heterocycles. The van der Waals surface area contributed by atoms with E-state index in [1.54, 1.807) is 30.3 Å². The van der Waals surface area contributed by atoms with Crippen molar-refractivity contribution in [1.29, 1.82) is 0 Å². The highest BCUT2D eigenvalue weighted by molar-refractivity contribution is 6.30. The highest BCUT2D eigenvalue weighted by Gasteiger charge is 2.21. The van der Waals surface area contributed by atoms with Gasteiger partial charge in [-0.25, -0.2) is 23.1 Å². The van der Waals surface area contributed by atoms with E-state index in [0.29, 0.717) is 10.7 Å². The molecule has 0 aliphatic heterocycles. The Bertz CT molecular complexity index is 1260. The van der Waals surface area contributed by atoms with E-state index in [4.69, 9.17) is 11.6 Å². The number of benzene rings is 2. The molecule has 2 aromatic carbocycles. The number of aromatic amines is 1. The highest BCUT2D eigenvalue weighted by Crippen LogP contribution is 2.30. The number of anilines is 2. The molecule has 2 aromatic heterocycles. The van der Waals surface area contributed by atoms with Crippen LogP contribution in [0.25, 0.3) is 10.9 Å². The van der Waals surface area contributed by atoms with Crippen molar-refractivity contribution in [2.24, 2.45) is 0 Å². The zero-order valence-corrected chi connectivity index (χ0v) is 15.4. The topological polar surface area (TPSA) is 61.9 Å². The van der Waals surface area contributed by atoms with Crippen LogP contribution in [0.1, 0.15) is 5.56 Å². The summed E-state index contributed by atoms with van der Waals surface area (Å²) in [5.74, 6) is -3.30. The second-order valence-electron chi connectivity index (χ2n) is 6.15. The predicted octanol–water partition coefficient (Wildman–Crippen LogP) is 4.73. The van der Waals surface area contributed by atoms with Crippen LogP contribution in [0.4, 0.5) is 24.8 Å². The minimum absolute atomic E-state index is 0.0314. The maximum absolute atomic E-state index is 14.8. The number of hydrogen-bond acceptors (Lipinski definition) is 4. The molecule has 4 rings (SSSR count). The Hall–Kier alpha value is -3.39. The number of halogens is 4. The summed E-state index contributed by atoms with van der Waals surface area (Å²) in [5.41, 5.74) is -1.17. The van der Waals surface area contributed by atoms with E-state index < -0.39 is 28.5 Å². The van der Waals surface area contributed by atoms with Gasteiger partial charge >= 0.3 is 0 Å². The van der Waals surface area contributed by atoms with Crippen LogP contribution in [0.2, 0.25) is 5.02 Å². The molecule has 0 saturated carbocycles. The number of hydrogen-bond donors (Lipinski definition) is 1. The van der Waals surface area contributed by atoms with Crippen molar-refractivity contribution in [2.75, 3.05) is 4.90 Å². The van der Waals surface area contributed by atoms with Gasteiger partial charge in [0.15, 0.2) is 17.5 Å². The van der Waals surface area contributed by atoms with Crippen LogP contribution >= 0.6 is 11.6 Å². The van der Waals surface area contributed by atoms with Crippen LogP contribution in [-0.2, 0) is 6.54 Å². The molecule has 0 radical (unpaired) electrons. The van der Waals surface area contributed by atoms with Crippen LogP contribution in [-0.4, -0.2) is 15.0 Å². The molecule has 0 fully saturated rings. The van der Waals surface area contributed by atoms with Gasteiger partial charge in [-0.2, -0.15) is 0 Å². The molecule has 146 valence electrons. The van der Waals surface area contributed by atoms with Gasteiger partial charge in [0.25, 0.3) is 5.56 Å². The fraction of sp³-hybridized carbons (Fsp3) is 0.0500. The molecule has 0 amide bonds. The summed E-state index contributed by atoms with van der Waals surface area (Å²) in [6.45, 7) is -0.221.